The number of amides is 1. The number of carboxylic acids is 1. The second-order valence-corrected chi connectivity index (χ2v) is 10.8. The van der Waals surface area contributed by atoms with Gasteiger partial charge in [0.05, 0.1) is 39.1 Å². The number of hydrogen-bond donors (Lipinski definition) is 2. The quantitative estimate of drug-likeness (QED) is 0.217. The second kappa shape index (κ2) is 13.4. The van der Waals surface area contributed by atoms with E-state index < -0.39 is 5.97 Å². The van der Waals surface area contributed by atoms with Crippen molar-refractivity contribution in [1.82, 2.24) is 5.32 Å². The number of hydrogen-bond acceptors (Lipinski definition) is 7. The second-order valence-electron chi connectivity index (χ2n) is 10.8. The summed E-state index contributed by atoms with van der Waals surface area (Å²) < 4.78 is 36.6. The number of aromatic carboxylic acids is 1. The van der Waals surface area contributed by atoms with Crippen LogP contribution >= 0.6 is 0 Å². The number of likely N-dealkylation sites (N-methyl/N-ethyl adjacent to an activating group) is 1. The van der Waals surface area contributed by atoms with Crippen molar-refractivity contribution in [2.24, 2.45) is 0 Å². The van der Waals surface area contributed by atoms with Crippen molar-refractivity contribution in [1.29, 1.82) is 0 Å². The highest BCUT2D eigenvalue weighted by molar-refractivity contribution is 6.10. The zero-order valence-corrected chi connectivity index (χ0v) is 24.7. The van der Waals surface area contributed by atoms with Crippen molar-refractivity contribution < 1.29 is 37.7 Å². The summed E-state index contributed by atoms with van der Waals surface area (Å²) >= 11 is 0. The van der Waals surface area contributed by atoms with Crippen LogP contribution in [0.4, 0.5) is 10.1 Å². The number of benzene rings is 2. The standard InChI is InChI=1S/C33H37FN2O7/c1-35-32(37)30-25-17-24(21-5-6-21)27(18-29(25)43-31(30)22-7-9-23(34)10-8-22)36(2)12-13-41-14-15-42-19-20-4-11-28(40-3)26(16-20)33(38)39/h4,7,9,11,16-18,21H,5-6,8,10,12-15,19H2,1-3H3,(H,35,37)(H,38,39). The minimum atomic E-state index is -1.05. The molecule has 1 aromatic heterocycles. The van der Waals surface area contributed by atoms with Crippen molar-refractivity contribution in [2.75, 3.05) is 52.5 Å². The number of carbonyl (C=O) groups is 2. The first-order valence-electron chi connectivity index (χ1n) is 14.5. The number of nitrogens with one attached hydrogen (secondary N) is 1. The van der Waals surface area contributed by atoms with Gasteiger partial charge in [-0.25, -0.2) is 9.18 Å². The van der Waals surface area contributed by atoms with Crippen LogP contribution in [0.5, 0.6) is 5.75 Å². The van der Waals surface area contributed by atoms with Gasteiger partial charge in [0.1, 0.15) is 28.5 Å². The fourth-order valence-corrected chi connectivity index (χ4v) is 5.32. The fourth-order valence-electron chi connectivity index (χ4n) is 5.32. The van der Waals surface area contributed by atoms with Gasteiger partial charge in [-0.3, -0.25) is 4.79 Å². The highest BCUT2D eigenvalue weighted by atomic mass is 19.1. The molecule has 3 aromatic rings. The number of methoxy groups -OCH3 is 1. The van der Waals surface area contributed by atoms with E-state index >= 15 is 0 Å². The largest absolute Gasteiger partial charge is 0.496 e. The third kappa shape index (κ3) is 6.92. The smallest absolute Gasteiger partial charge is 0.339 e. The monoisotopic (exact) mass is 592 g/mol. The van der Waals surface area contributed by atoms with Crippen molar-refractivity contribution in [2.45, 2.75) is 38.2 Å². The van der Waals surface area contributed by atoms with E-state index in [1.54, 1.807) is 31.3 Å². The first-order chi connectivity index (χ1) is 20.8. The van der Waals surface area contributed by atoms with E-state index in [2.05, 4.69) is 16.3 Å². The Labute approximate surface area is 249 Å². The molecule has 228 valence electrons. The molecule has 0 bridgehead atoms. The average Bonchev–Trinajstić information content (AvgIpc) is 3.79. The van der Waals surface area contributed by atoms with E-state index in [1.165, 1.54) is 18.7 Å². The molecule has 1 heterocycles. The Morgan fingerprint density at radius 2 is 1.88 bits per heavy atom. The summed E-state index contributed by atoms with van der Waals surface area (Å²) in [7, 11) is 5.05. The average molecular weight is 593 g/mol. The summed E-state index contributed by atoms with van der Waals surface area (Å²) in [4.78, 5) is 26.5. The van der Waals surface area contributed by atoms with Gasteiger partial charge in [-0.05, 0) is 66.2 Å². The van der Waals surface area contributed by atoms with Crippen LogP contribution in [-0.4, -0.2) is 64.6 Å². The Bertz CT molecular complexity index is 1570. The Balaban J connectivity index is 1.22. The highest BCUT2D eigenvalue weighted by Gasteiger charge is 2.31. The van der Waals surface area contributed by atoms with Crippen LogP contribution in [0, 0.1) is 0 Å². The SMILES string of the molecule is CNC(=O)c1c(C2=CC=C(F)CC2)oc2cc(N(C)CCOCCOCc3ccc(OC)c(C(=O)O)c3)c(C3CC3)cc12. The predicted octanol–water partition coefficient (Wildman–Crippen LogP) is 6.08. The van der Waals surface area contributed by atoms with Gasteiger partial charge in [0.2, 0.25) is 0 Å². The van der Waals surface area contributed by atoms with Crippen LogP contribution in [0.1, 0.15) is 69.2 Å². The summed E-state index contributed by atoms with van der Waals surface area (Å²) in [6.45, 7) is 2.14. The van der Waals surface area contributed by atoms with E-state index in [1.807, 2.05) is 13.1 Å². The molecule has 1 amide bonds. The summed E-state index contributed by atoms with van der Waals surface area (Å²) in [5.41, 5.74) is 4.98. The zero-order valence-electron chi connectivity index (χ0n) is 24.7. The topological polar surface area (TPSA) is 110 Å². The van der Waals surface area contributed by atoms with Gasteiger partial charge in [0, 0.05) is 44.2 Å². The van der Waals surface area contributed by atoms with Crippen LogP contribution in [0.15, 0.2) is 52.7 Å². The van der Waals surface area contributed by atoms with Crippen LogP contribution in [0.3, 0.4) is 0 Å². The molecular weight excluding hydrogens is 555 g/mol. The first-order valence-corrected chi connectivity index (χ1v) is 14.5. The number of allylic oxidation sites excluding steroid dienone is 4. The molecule has 10 heteroatoms. The van der Waals surface area contributed by atoms with E-state index in [9.17, 15) is 19.1 Å². The molecule has 2 aromatic carbocycles. The number of rotatable bonds is 14. The lowest BCUT2D eigenvalue weighted by molar-refractivity contribution is 0.0430. The maximum Gasteiger partial charge on any atom is 0.339 e. The lowest BCUT2D eigenvalue weighted by Gasteiger charge is -2.23. The number of furan rings is 1. The predicted molar refractivity (Wildman–Crippen MR) is 162 cm³/mol. The summed E-state index contributed by atoms with van der Waals surface area (Å²) in [6, 6.07) is 9.03. The van der Waals surface area contributed by atoms with Crippen LogP contribution in [-0.2, 0) is 16.1 Å². The lowest BCUT2D eigenvalue weighted by Crippen LogP contribution is -2.24. The Kier molecular flexibility index (Phi) is 9.47. The number of carboxylic acid groups (broad SMARTS) is 1. The molecule has 1 fully saturated rings. The van der Waals surface area contributed by atoms with E-state index in [-0.39, 0.29) is 30.3 Å². The number of fused-ring (bicyclic) bond motifs is 1. The molecule has 2 aliphatic carbocycles. The molecule has 9 nitrogen and oxygen atoms in total. The number of anilines is 1. The molecule has 0 radical (unpaired) electrons. The Morgan fingerprint density at radius 1 is 1.09 bits per heavy atom. The Hall–Kier alpha value is -4.15. The molecule has 2 N–H and O–H groups in total. The van der Waals surface area contributed by atoms with Crippen LogP contribution in [0.25, 0.3) is 16.5 Å². The molecule has 0 aliphatic heterocycles. The highest BCUT2D eigenvalue weighted by Crippen LogP contribution is 2.47. The number of halogens is 1. The van der Waals surface area contributed by atoms with Gasteiger partial charge >= 0.3 is 5.97 Å². The van der Waals surface area contributed by atoms with Crippen LogP contribution in [0.2, 0.25) is 0 Å². The molecule has 0 spiro atoms. The van der Waals surface area contributed by atoms with Crippen LogP contribution < -0.4 is 15.0 Å². The third-order valence-corrected chi connectivity index (χ3v) is 7.82. The van der Waals surface area contributed by atoms with E-state index in [0.717, 1.165) is 35.1 Å². The number of nitrogens with zero attached hydrogens (tertiary/aromatic N) is 1. The molecule has 2 aliphatic rings. The van der Waals surface area contributed by atoms with Crippen molar-refractivity contribution >= 4 is 34.1 Å². The maximum atomic E-state index is 13.7. The summed E-state index contributed by atoms with van der Waals surface area (Å²) in [5.74, 6) is -0.221. The third-order valence-electron chi connectivity index (χ3n) is 7.82. The fraction of sp³-hybridized carbons (Fsp3) is 0.394. The molecule has 0 unspecified atom stereocenters. The number of ether oxygens (including phenoxy) is 3. The van der Waals surface area contributed by atoms with Crippen molar-refractivity contribution in [3.05, 3.63) is 76.3 Å². The molecule has 5 rings (SSSR count). The molecule has 0 atom stereocenters. The van der Waals surface area contributed by atoms with Gasteiger partial charge in [-0.2, -0.15) is 0 Å². The van der Waals surface area contributed by atoms with Gasteiger partial charge < -0.3 is 34.0 Å². The van der Waals surface area contributed by atoms with Gasteiger partial charge in [-0.1, -0.05) is 12.1 Å². The van der Waals surface area contributed by atoms with Crippen molar-refractivity contribution in [3.8, 4) is 5.75 Å². The van der Waals surface area contributed by atoms with E-state index in [4.69, 9.17) is 18.6 Å². The number of carbonyl (C=O) groups excluding carboxylic acids is 1. The van der Waals surface area contributed by atoms with Gasteiger partial charge in [-0.15, -0.1) is 0 Å². The summed E-state index contributed by atoms with van der Waals surface area (Å²) in [5, 5.41) is 12.9. The van der Waals surface area contributed by atoms with Gasteiger partial charge in [0.15, 0.2) is 0 Å². The minimum Gasteiger partial charge on any atom is -0.496 e. The first kappa shape index (κ1) is 30.3. The van der Waals surface area contributed by atoms with Gasteiger partial charge in [0.25, 0.3) is 5.91 Å². The molecule has 0 saturated heterocycles. The van der Waals surface area contributed by atoms with E-state index in [0.29, 0.717) is 61.4 Å². The Morgan fingerprint density at radius 3 is 2.56 bits per heavy atom. The molecule has 43 heavy (non-hydrogen) atoms. The summed E-state index contributed by atoms with van der Waals surface area (Å²) in [6.07, 6.45) is 6.08. The zero-order chi connectivity index (χ0) is 30.5. The lowest BCUT2D eigenvalue weighted by atomic mass is 9.96. The maximum absolute atomic E-state index is 13.7. The molecule has 1 saturated carbocycles. The molecular formula is C33H37FN2O7. The van der Waals surface area contributed by atoms with Crippen molar-refractivity contribution in [3.63, 3.8) is 0 Å². The minimum absolute atomic E-state index is 0.0980. The normalized spacial score (nSPS) is 14.8.